The Labute approximate surface area is 129 Å². The summed E-state index contributed by atoms with van der Waals surface area (Å²) in [6, 6.07) is 7.89. The molecule has 3 aromatic rings. The zero-order valence-corrected chi connectivity index (χ0v) is 12.7. The number of carbonyl (C=O) groups is 1. The third kappa shape index (κ3) is 2.98. The topological polar surface area (TPSA) is 50.5 Å². The SMILES string of the molecule is Cc1ccn2cc(C(=O)N(C)CCc3ccncc3)nc2c1. The number of fused-ring (bicyclic) bond motifs is 1. The smallest absolute Gasteiger partial charge is 0.273 e. The molecule has 0 N–H and O–H groups in total. The maximum Gasteiger partial charge on any atom is 0.273 e. The fourth-order valence-corrected chi connectivity index (χ4v) is 2.33. The molecule has 0 spiro atoms. The van der Waals surface area contributed by atoms with Gasteiger partial charge >= 0.3 is 0 Å². The molecule has 0 saturated carbocycles. The van der Waals surface area contributed by atoms with Gasteiger partial charge in [0, 0.05) is 38.4 Å². The Kier molecular flexibility index (Phi) is 3.87. The van der Waals surface area contributed by atoms with Crippen molar-refractivity contribution in [2.24, 2.45) is 0 Å². The summed E-state index contributed by atoms with van der Waals surface area (Å²) in [6.07, 6.45) is 8.03. The van der Waals surface area contributed by atoms with Crippen molar-refractivity contribution in [1.82, 2.24) is 19.3 Å². The van der Waals surface area contributed by atoms with Crippen molar-refractivity contribution in [1.29, 1.82) is 0 Å². The Morgan fingerprint density at radius 2 is 2.05 bits per heavy atom. The van der Waals surface area contributed by atoms with E-state index in [-0.39, 0.29) is 5.91 Å². The average molecular weight is 294 g/mol. The zero-order chi connectivity index (χ0) is 15.5. The number of hydrogen-bond acceptors (Lipinski definition) is 3. The van der Waals surface area contributed by atoms with E-state index in [1.165, 1.54) is 5.56 Å². The van der Waals surface area contributed by atoms with Gasteiger partial charge in [-0.1, -0.05) is 0 Å². The standard InChI is InChI=1S/C17H18N4O/c1-13-5-10-21-12-15(19-16(21)11-13)17(22)20(2)9-6-14-3-7-18-8-4-14/h3-5,7-8,10-12H,6,9H2,1-2H3. The number of carbonyl (C=O) groups excluding carboxylic acids is 1. The van der Waals surface area contributed by atoms with Crippen LogP contribution in [0, 0.1) is 6.92 Å². The van der Waals surface area contributed by atoms with Crippen molar-refractivity contribution in [3.63, 3.8) is 0 Å². The number of rotatable bonds is 4. The lowest BCUT2D eigenvalue weighted by Crippen LogP contribution is -2.29. The van der Waals surface area contributed by atoms with Gasteiger partial charge in [-0.25, -0.2) is 4.98 Å². The molecule has 1 amide bonds. The van der Waals surface area contributed by atoms with E-state index in [0.717, 1.165) is 17.6 Å². The minimum atomic E-state index is -0.0598. The fraction of sp³-hybridized carbons (Fsp3) is 0.235. The second kappa shape index (κ2) is 5.97. The summed E-state index contributed by atoms with van der Waals surface area (Å²) in [5, 5.41) is 0. The molecule has 0 aliphatic rings. The van der Waals surface area contributed by atoms with Gasteiger partial charge in [-0.05, 0) is 48.7 Å². The highest BCUT2D eigenvalue weighted by atomic mass is 16.2. The fourth-order valence-electron chi connectivity index (χ4n) is 2.33. The molecule has 3 aromatic heterocycles. The van der Waals surface area contributed by atoms with Crippen molar-refractivity contribution in [3.8, 4) is 0 Å². The Balaban J connectivity index is 1.71. The highest BCUT2D eigenvalue weighted by molar-refractivity contribution is 5.92. The second-order valence-corrected chi connectivity index (χ2v) is 5.43. The van der Waals surface area contributed by atoms with E-state index in [1.807, 2.05) is 41.8 Å². The van der Waals surface area contributed by atoms with Crippen LogP contribution in [0.4, 0.5) is 0 Å². The molecule has 5 heteroatoms. The summed E-state index contributed by atoms with van der Waals surface area (Å²) < 4.78 is 1.87. The monoisotopic (exact) mass is 294 g/mol. The normalized spacial score (nSPS) is 10.8. The summed E-state index contributed by atoms with van der Waals surface area (Å²) in [4.78, 5) is 22.6. The number of amides is 1. The quantitative estimate of drug-likeness (QED) is 0.742. The van der Waals surface area contributed by atoms with E-state index in [2.05, 4.69) is 9.97 Å². The number of imidazole rings is 1. The Bertz CT molecular complexity index is 795. The molecule has 112 valence electrons. The summed E-state index contributed by atoms with van der Waals surface area (Å²) >= 11 is 0. The van der Waals surface area contributed by atoms with Gasteiger partial charge in [-0.2, -0.15) is 0 Å². The van der Waals surface area contributed by atoms with E-state index < -0.39 is 0 Å². The first kappa shape index (κ1) is 14.3. The van der Waals surface area contributed by atoms with Gasteiger partial charge in [-0.15, -0.1) is 0 Å². The zero-order valence-electron chi connectivity index (χ0n) is 12.7. The van der Waals surface area contributed by atoms with E-state index >= 15 is 0 Å². The van der Waals surface area contributed by atoms with Crippen LogP contribution in [0.1, 0.15) is 21.6 Å². The van der Waals surface area contributed by atoms with Gasteiger partial charge in [0.25, 0.3) is 5.91 Å². The van der Waals surface area contributed by atoms with Gasteiger partial charge in [0.1, 0.15) is 11.3 Å². The number of aromatic nitrogens is 3. The van der Waals surface area contributed by atoms with Crippen molar-refractivity contribution >= 4 is 11.6 Å². The van der Waals surface area contributed by atoms with Crippen molar-refractivity contribution < 1.29 is 4.79 Å². The third-order valence-corrected chi connectivity index (χ3v) is 3.67. The maximum absolute atomic E-state index is 12.5. The first-order valence-electron chi connectivity index (χ1n) is 7.23. The lowest BCUT2D eigenvalue weighted by Gasteiger charge is -2.15. The molecule has 0 unspecified atom stereocenters. The Hall–Kier alpha value is -2.69. The van der Waals surface area contributed by atoms with Gasteiger partial charge in [0.2, 0.25) is 0 Å². The first-order chi connectivity index (χ1) is 10.6. The van der Waals surface area contributed by atoms with Crippen molar-refractivity contribution in [2.75, 3.05) is 13.6 Å². The number of nitrogens with zero attached hydrogens (tertiary/aromatic N) is 4. The second-order valence-electron chi connectivity index (χ2n) is 5.43. The molecule has 3 rings (SSSR count). The number of aryl methyl sites for hydroxylation is 1. The summed E-state index contributed by atoms with van der Waals surface area (Å²) in [6.45, 7) is 2.66. The van der Waals surface area contributed by atoms with Gasteiger partial charge < -0.3 is 9.30 Å². The highest BCUT2D eigenvalue weighted by Gasteiger charge is 2.15. The van der Waals surface area contributed by atoms with E-state index in [9.17, 15) is 4.79 Å². The van der Waals surface area contributed by atoms with E-state index in [1.54, 1.807) is 30.5 Å². The maximum atomic E-state index is 12.5. The largest absolute Gasteiger partial charge is 0.340 e. The van der Waals surface area contributed by atoms with E-state index in [4.69, 9.17) is 0 Å². The minimum Gasteiger partial charge on any atom is -0.340 e. The minimum absolute atomic E-state index is 0.0598. The average Bonchev–Trinajstić information content (AvgIpc) is 2.95. The van der Waals surface area contributed by atoms with Crippen LogP contribution in [-0.2, 0) is 6.42 Å². The molecule has 22 heavy (non-hydrogen) atoms. The van der Waals surface area contributed by atoms with Crippen LogP contribution in [0.2, 0.25) is 0 Å². The molecule has 0 bridgehead atoms. The van der Waals surface area contributed by atoms with Gasteiger partial charge in [0.05, 0.1) is 0 Å². The first-order valence-corrected chi connectivity index (χ1v) is 7.23. The van der Waals surface area contributed by atoms with Crippen LogP contribution in [0.25, 0.3) is 5.65 Å². The third-order valence-electron chi connectivity index (χ3n) is 3.67. The molecular formula is C17H18N4O. The van der Waals surface area contributed by atoms with Crippen LogP contribution in [0.15, 0.2) is 49.1 Å². The van der Waals surface area contributed by atoms with Crippen molar-refractivity contribution in [3.05, 3.63) is 65.9 Å². The lowest BCUT2D eigenvalue weighted by molar-refractivity contribution is 0.0791. The predicted octanol–water partition coefficient (Wildman–Crippen LogP) is 2.35. The Morgan fingerprint density at radius 1 is 1.27 bits per heavy atom. The molecule has 0 atom stereocenters. The summed E-state index contributed by atoms with van der Waals surface area (Å²) in [5.74, 6) is -0.0598. The Morgan fingerprint density at radius 3 is 2.82 bits per heavy atom. The number of pyridine rings is 2. The molecular weight excluding hydrogens is 276 g/mol. The van der Waals surface area contributed by atoms with Crippen molar-refractivity contribution in [2.45, 2.75) is 13.3 Å². The van der Waals surface area contributed by atoms with Crippen LogP contribution in [0.3, 0.4) is 0 Å². The molecule has 0 fully saturated rings. The van der Waals surface area contributed by atoms with Crippen LogP contribution in [0.5, 0.6) is 0 Å². The molecule has 0 aliphatic heterocycles. The predicted molar refractivity (Wildman–Crippen MR) is 84.8 cm³/mol. The molecule has 0 radical (unpaired) electrons. The molecule has 0 aliphatic carbocycles. The lowest BCUT2D eigenvalue weighted by atomic mass is 10.2. The highest BCUT2D eigenvalue weighted by Crippen LogP contribution is 2.10. The van der Waals surface area contributed by atoms with Gasteiger partial charge in [-0.3, -0.25) is 9.78 Å². The van der Waals surface area contributed by atoms with Crippen LogP contribution in [-0.4, -0.2) is 38.8 Å². The van der Waals surface area contributed by atoms with Crippen LogP contribution >= 0.6 is 0 Å². The number of hydrogen-bond donors (Lipinski definition) is 0. The summed E-state index contributed by atoms with van der Waals surface area (Å²) in [5.41, 5.74) is 3.57. The molecule has 0 saturated heterocycles. The molecule has 0 aromatic carbocycles. The summed E-state index contributed by atoms with van der Waals surface area (Å²) in [7, 11) is 1.80. The number of likely N-dealkylation sites (N-methyl/N-ethyl adjacent to an activating group) is 1. The molecule has 5 nitrogen and oxygen atoms in total. The van der Waals surface area contributed by atoms with Gasteiger partial charge in [0.15, 0.2) is 0 Å². The molecule has 3 heterocycles. The van der Waals surface area contributed by atoms with Crippen LogP contribution < -0.4 is 0 Å². The van der Waals surface area contributed by atoms with E-state index in [0.29, 0.717) is 12.2 Å².